The van der Waals surface area contributed by atoms with Crippen molar-refractivity contribution >= 4 is 12.4 Å². The topological polar surface area (TPSA) is 48.3 Å². The normalized spacial score (nSPS) is 11.2. The maximum atomic E-state index is 11.9. The molecule has 4 heteroatoms. The van der Waals surface area contributed by atoms with Gasteiger partial charge < -0.3 is 4.74 Å². The van der Waals surface area contributed by atoms with Crippen LogP contribution in [-0.2, 0) is 11.2 Å². The number of carbonyl (C=O) groups excluding carboxylic acids is 2. The standard InChI is InChI=1S/C12H17NO3/c1-5-9-6-7-10(8-14)13(9)11(15)16-12(2,3)4/h6-8H,5H2,1-4H3. The molecule has 88 valence electrons. The Labute approximate surface area is 95.2 Å². The zero-order valence-corrected chi connectivity index (χ0v) is 10.1. The summed E-state index contributed by atoms with van der Waals surface area (Å²) in [6.07, 6.45) is 0.826. The van der Waals surface area contributed by atoms with E-state index in [0.717, 1.165) is 5.69 Å². The van der Waals surface area contributed by atoms with Crippen molar-refractivity contribution in [2.24, 2.45) is 0 Å². The van der Waals surface area contributed by atoms with Crippen LogP contribution in [0.5, 0.6) is 0 Å². The van der Waals surface area contributed by atoms with Crippen molar-refractivity contribution < 1.29 is 14.3 Å². The molecule has 0 saturated carbocycles. The Morgan fingerprint density at radius 3 is 2.50 bits per heavy atom. The third-order valence-corrected chi connectivity index (χ3v) is 2.05. The number of hydrogen-bond donors (Lipinski definition) is 0. The van der Waals surface area contributed by atoms with Crippen molar-refractivity contribution in [3.8, 4) is 0 Å². The molecule has 0 aliphatic carbocycles. The Morgan fingerprint density at radius 1 is 1.44 bits per heavy atom. The SMILES string of the molecule is CCc1ccc(C=O)n1C(=O)OC(C)(C)C. The molecule has 0 atom stereocenters. The molecule has 0 saturated heterocycles. The highest BCUT2D eigenvalue weighted by Crippen LogP contribution is 2.14. The quantitative estimate of drug-likeness (QED) is 0.724. The molecular weight excluding hydrogens is 206 g/mol. The number of aldehydes is 1. The molecule has 1 aromatic rings. The first-order chi connectivity index (χ1) is 7.39. The molecular formula is C12H17NO3. The third-order valence-electron chi connectivity index (χ3n) is 2.05. The van der Waals surface area contributed by atoms with Gasteiger partial charge in [0.15, 0.2) is 6.29 Å². The summed E-state index contributed by atoms with van der Waals surface area (Å²) in [7, 11) is 0. The van der Waals surface area contributed by atoms with Crippen LogP contribution in [0.1, 0.15) is 43.9 Å². The van der Waals surface area contributed by atoms with Crippen LogP contribution in [-0.4, -0.2) is 22.5 Å². The second-order valence-corrected chi connectivity index (χ2v) is 4.54. The summed E-state index contributed by atoms with van der Waals surface area (Å²) in [6, 6.07) is 3.38. The molecule has 16 heavy (non-hydrogen) atoms. The Bertz CT molecular complexity index is 399. The van der Waals surface area contributed by atoms with E-state index in [-0.39, 0.29) is 0 Å². The van der Waals surface area contributed by atoms with Crippen LogP contribution in [0.3, 0.4) is 0 Å². The minimum atomic E-state index is -0.563. The third kappa shape index (κ3) is 2.72. The largest absolute Gasteiger partial charge is 0.443 e. The second kappa shape index (κ2) is 4.51. The van der Waals surface area contributed by atoms with Crippen molar-refractivity contribution in [3.63, 3.8) is 0 Å². The van der Waals surface area contributed by atoms with E-state index < -0.39 is 11.7 Å². The van der Waals surface area contributed by atoms with Crippen molar-refractivity contribution in [1.29, 1.82) is 0 Å². The minimum Gasteiger partial charge on any atom is -0.443 e. The Morgan fingerprint density at radius 2 is 2.06 bits per heavy atom. The first-order valence-electron chi connectivity index (χ1n) is 5.28. The lowest BCUT2D eigenvalue weighted by atomic mass is 10.2. The Hall–Kier alpha value is -1.58. The number of aryl methyl sites for hydroxylation is 1. The number of rotatable bonds is 2. The number of carbonyl (C=O) groups is 2. The summed E-state index contributed by atoms with van der Waals surface area (Å²) >= 11 is 0. The van der Waals surface area contributed by atoms with E-state index in [1.165, 1.54) is 4.57 Å². The van der Waals surface area contributed by atoms with Crippen LogP contribution >= 0.6 is 0 Å². The van der Waals surface area contributed by atoms with Gasteiger partial charge in [0, 0.05) is 5.69 Å². The van der Waals surface area contributed by atoms with E-state index in [0.29, 0.717) is 18.4 Å². The van der Waals surface area contributed by atoms with Crippen molar-refractivity contribution in [2.75, 3.05) is 0 Å². The zero-order chi connectivity index (χ0) is 12.3. The predicted octanol–water partition coefficient (Wildman–Crippen LogP) is 2.65. The molecule has 0 unspecified atom stereocenters. The molecule has 0 bridgehead atoms. The molecule has 0 fully saturated rings. The molecule has 0 radical (unpaired) electrons. The number of nitrogens with zero attached hydrogens (tertiary/aromatic N) is 1. The molecule has 1 aromatic heterocycles. The summed E-state index contributed by atoms with van der Waals surface area (Å²) in [5, 5.41) is 0. The van der Waals surface area contributed by atoms with Gasteiger partial charge in [-0.3, -0.25) is 4.79 Å². The monoisotopic (exact) mass is 223 g/mol. The Kier molecular flexibility index (Phi) is 3.52. The molecule has 4 nitrogen and oxygen atoms in total. The van der Waals surface area contributed by atoms with Crippen LogP contribution in [0.2, 0.25) is 0 Å². The van der Waals surface area contributed by atoms with Crippen LogP contribution in [0.15, 0.2) is 12.1 Å². The van der Waals surface area contributed by atoms with Crippen LogP contribution in [0.25, 0.3) is 0 Å². The van der Waals surface area contributed by atoms with Gasteiger partial charge in [0.05, 0.1) is 5.69 Å². The van der Waals surface area contributed by atoms with Gasteiger partial charge in [-0.15, -0.1) is 0 Å². The molecule has 0 aromatic carbocycles. The van der Waals surface area contributed by atoms with Gasteiger partial charge in [0.25, 0.3) is 0 Å². The summed E-state index contributed by atoms with van der Waals surface area (Å²) in [4.78, 5) is 22.7. The fraction of sp³-hybridized carbons (Fsp3) is 0.500. The highest BCUT2D eigenvalue weighted by Gasteiger charge is 2.21. The average molecular weight is 223 g/mol. The Balaban J connectivity index is 3.06. The summed E-state index contributed by atoms with van der Waals surface area (Å²) in [6.45, 7) is 7.30. The first-order valence-corrected chi connectivity index (χ1v) is 5.28. The summed E-state index contributed by atoms with van der Waals surface area (Å²) < 4.78 is 6.55. The highest BCUT2D eigenvalue weighted by molar-refractivity contribution is 5.83. The molecule has 1 rings (SSSR count). The predicted molar refractivity (Wildman–Crippen MR) is 60.8 cm³/mol. The summed E-state index contributed by atoms with van der Waals surface area (Å²) in [5.74, 6) is 0. The van der Waals surface area contributed by atoms with E-state index in [1.54, 1.807) is 32.9 Å². The van der Waals surface area contributed by atoms with Gasteiger partial charge in [0.2, 0.25) is 0 Å². The zero-order valence-electron chi connectivity index (χ0n) is 10.1. The average Bonchev–Trinajstić information content (AvgIpc) is 2.57. The molecule has 0 aliphatic rings. The maximum absolute atomic E-state index is 11.9. The van der Waals surface area contributed by atoms with Gasteiger partial charge in [-0.05, 0) is 39.3 Å². The lowest BCUT2D eigenvalue weighted by Crippen LogP contribution is -2.28. The maximum Gasteiger partial charge on any atom is 0.419 e. The number of aromatic nitrogens is 1. The molecule has 1 heterocycles. The number of hydrogen-bond acceptors (Lipinski definition) is 3. The van der Waals surface area contributed by atoms with Crippen LogP contribution < -0.4 is 0 Å². The van der Waals surface area contributed by atoms with Gasteiger partial charge in [-0.2, -0.15) is 0 Å². The van der Waals surface area contributed by atoms with Gasteiger partial charge in [-0.1, -0.05) is 6.92 Å². The second-order valence-electron chi connectivity index (χ2n) is 4.54. The smallest absolute Gasteiger partial charge is 0.419 e. The van der Waals surface area contributed by atoms with Crippen LogP contribution in [0.4, 0.5) is 4.79 Å². The van der Waals surface area contributed by atoms with E-state index in [1.807, 2.05) is 6.92 Å². The molecule has 0 aliphatic heterocycles. The fourth-order valence-electron chi connectivity index (χ4n) is 1.39. The van der Waals surface area contributed by atoms with Crippen LogP contribution in [0, 0.1) is 0 Å². The lowest BCUT2D eigenvalue weighted by molar-refractivity contribution is 0.0527. The van der Waals surface area contributed by atoms with Gasteiger partial charge in [-0.25, -0.2) is 9.36 Å². The van der Waals surface area contributed by atoms with E-state index in [9.17, 15) is 9.59 Å². The fourth-order valence-corrected chi connectivity index (χ4v) is 1.39. The van der Waals surface area contributed by atoms with Crippen molar-refractivity contribution in [3.05, 3.63) is 23.5 Å². The van der Waals surface area contributed by atoms with Crippen molar-refractivity contribution in [2.45, 2.75) is 39.7 Å². The highest BCUT2D eigenvalue weighted by atomic mass is 16.6. The van der Waals surface area contributed by atoms with E-state index in [2.05, 4.69) is 0 Å². The molecule has 0 spiro atoms. The van der Waals surface area contributed by atoms with Gasteiger partial charge >= 0.3 is 6.09 Å². The van der Waals surface area contributed by atoms with Gasteiger partial charge in [0.1, 0.15) is 5.60 Å². The lowest BCUT2D eigenvalue weighted by Gasteiger charge is -2.20. The van der Waals surface area contributed by atoms with Crippen molar-refractivity contribution in [1.82, 2.24) is 4.57 Å². The minimum absolute atomic E-state index is 0.325. The molecule has 0 amide bonds. The number of ether oxygens (including phenoxy) is 1. The summed E-state index contributed by atoms with van der Waals surface area (Å²) in [5.41, 5.74) is 0.537. The molecule has 0 N–H and O–H groups in total. The van der Waals surface area contributed by atoms with E-state index in [4.69, 9.17) is 4.74 Å². The first kappa shape index (κ1) is 12.5. The van der Waals surface area contributed by atoms with E-state index >= 15 is 0 Å².